The summed E-state index contributed by atoms with van der Waals surface area (Å²) < 4.78 is 16.0. The summed E-state index contributed by atoms with van der Waals surface area (Å²) in [7, 11) is 3.16. The highest BCUT2D eigenvalue weighted by Gasteiger charge is 2.05. The zero-order valence-electron chi connectivity index (χ0n) is 14.7. The lowest BCUT2D eigenvalue weighted by Gasteiger charge is -2.10. The van der Waals surface area contributed by atoms with Crippen LogP contribution in [0.15, 0.2) is 48.5 Å². The first-order valence-electron chi connectivity index (χ1n) is 8.06. The quantitative estimate of drug-likeness (QED) is 0.748. The van der Waals surface area contributed by atoms with Crippen LogP contribution in [0.3, 0.4) is 0 Å². The largest absolute Gasteiger partial charge is 0.494 e. The molecule has 0 saturated carbocycles. The molecule has 0 fully saturated rings. The molecule has 0 aliphatic carbocycles. The molecule has 0 aromatic heterocycles. The van der Waals surface area contributed by atoms with Gasteiger partial charge < -0.3 is 19.5 Å². The van der Waals surface area contributed by atoms with Gasteiger partial charge in [0.25, 0.3) is 0 Å². The Morgan fingerprint density at radius 3 is 2.52 bits per heavy atom. The number of ether oxygens (including phenoxy) is 3. The van der Waals surface area contributed by atoms with Crippen LogP contribution in [0.4, 0.5) is 0 Å². The Morgan fingerprint density at radius 2 is 1.80 bits per heavy atom. The van der Waals surface area contributed by atoms with Crippen LogP contribution in [-0.2, 0) is 11.3 Å². The predicted molar refractivity (Wildman–Crippen MR) is 98.0 cm³/mol. The van der Waals surface area contributed by atoms with Gasteiger partial charge in [-0.3, -0.25) is 4.79 Å². The van der Waals surface area contributed by atoms with Crippen molar-refractivity contribution in [1.29, 1.82) is 0 Å². The fourth-order valence-corrected chi connectivity index (χ4v) is 2.32. The minimum Gasteiger partial charge on any atom is -0.494 e. The summed E-state index contributed by atoms with van der Waals surface area (Å²) in [6.45, 7) is 2.93. The number of nitrogens with one attached hydrogen (secondary N) is 1. The van der Waals surface area contributed by atoms with E-state index in [1.807, 2.05) is 43.3 Å². The average molecular weight is 341 g/mol. The summed E-state index contributed by atoms with van der Waals surface area (Å²) in [5, 5.41) is 2.86. The number of carbonyl (C=O) groups is 1. The lowest BCUT2D eigenvalue weighted by atomic mass is 10.2. The van der Waals surface area contributed by atoms with Gasteiger partial charge >= 0.3 is 0 Å². The van der Waals surface area contributed by atoms with Crippen molar-refractivity contribution in [3.8, 4) is 17.2 Å². The van der Waals surface area contributed by atoms with Gasteiger partial charge in [-0.25, -0.2) is 0 Å². The zero-order valence-corrected chi connectivity index (χ0v) is 14.7. The third-order valence-corrected chi connectivity index (χ3v) is 3.56. The summed E-state index contributed by atoms with van der Waals surface area (Å²) in [4.78, 5) is 12.0. The highest BCUT2D eigenvalue weighted by atomic mass is 16.5. The maximum absolute atomic E-state index is 12.0. The van der Waals surface area contributed by atoms with Gasteiger partial charge in [-0.15, -0.1) is 0 Å². The molecular weight excluding hydrogens is 318 g/mol. The number of benzene rings is 2. The molecule has 2 rings (SSSR count). The number of rotatable bonds is 8. The van der Waals surface area contributed by atoms with Crippen molar-refractivity contribution >= 4 is 12.0 Å². The van der Waals surface area contributed by atoms with Crippen molar-refractivity contribution in [2.45, 2.75) is 13.5 Å². The van der Waals surface area contributed by atoms with Crippen molar-refractivity contribution in [3.63, 3.8) is 0 Å². The molecule has 1 amide bonds. The highest BCUT2D eigenvalue weighted by molar-refractivity contribution is 5.91. The van der Waals surface area contributed by atoms with Crippen molar-refractivity contribution in [2.75, 3.05) is 20.8 Å². The Morgan fingerprint density at radius 1 is 1.04 bits per heavy atom. The van der Waals surface area contributed by atoms with E-state index < -0.39 is 0 Å². The van der Waals surface area contributed by atoms with Crippen molar-refractivity contribution in [3.05, 3.63) is 59.7 Å². The normalized spacial score (nSPS) is 10.5. The number of hydrogen-bond acceptors (Lipinski definition) is 4. The first-order chi connectivity index (χ1) is 12.2. The smallest absolute Gasteiger partial charge is 0.244 e. The molecule has 5 heteroatoms. The number of carbonyl (C=O) groups excluding carboxylic acids is 1. The standard InChI is InChI=1S/C20H23NO4/c1-4-25-17-8-6-5-7-16(17)14-21-20(22)12-10-15-9-11-18(23-2)19(13-15)24-3/h5-13H,4,14H2,1-3H3,(H,21,22). The summed E-state index contributed by atoms with van der Waals surface area (Å²) in [6.07, 6.45) is 3.22. The molecule has 0 radical (unpaired) electrons. The van der Waals surface area contributed by atoms with E-state index in [1.54, 1.807) is 26.4 Å². The van der Waals surface area contributed by atoms with Crippen molar-refractivity contribution < 1.29 is 19.0 Å². The molecule has 0 atom stereocenters. The number of methoxy groups -OCH3 is 2. The van der Waals surface area contributed by atoms with E-state index >= 15 is 0 Å². The molecule has 0 heterocycles. The second kappa shape index (κ2) is 9.37. The molecule has 2 aromatic carbocycles. The van der Waals surface area contributed by atoms with Crippen LogP contribution in [0.1, 0.15) is 18.1 Å². The van der Waals surface area contributed by atoms with Crippen LogP contribution >= 0.6 is 0 Å². The molecule has 132 valence electrons. The third kappa shape index (κ3) is 5.28. The number of hydrogen-bond donors (Lipinski definition) is 1. The second-order valence-corrected chi connectivity index (χ2v) is 5.21. The van der Waals surface area contributed by atoms with Crippen LogP contribution in [0.5, 0.6) is 17.2 Å². The first kappa shape index (κ1) is 18.4. The van der Waals surface area contributed by atoms with Gasteiger partial charge in [0.05, 0.1) is 20.8 Å². The summed E-state index contributed by atoms with van der Waals surface area (Å²) in [5.74, 6) is 1.88. The van der Waals surface area contributed by atoms with E-state index in [-0.39, 0.29) is 5.91 Å². The van der Waals surface area contributed by atoms with Crippen molar-refractivity contribution in [2.24, 2.45) is 0 Å². The minimum absolute atomic E-state index is 0.180. The lowest BCUT2D eigenvalue weighted by Crippen LogP contribution is -2.20. The van der Waals surface area contributed by atoms with Crippen LogP contribution < -0.4 is 19.5 Å². The van der Waals surface area contributed by atoms with Gasteiger partial charge in [0.2, 0.25) is 5.91 Å². The molecular formula is C20H23NO4. The van der Waals surface area contributed by atoms with Crippen LogP contribution in [-0.4, -0.2) is 26.7 Å². The van der Waals surface area contributed by atoms with Gasteiger partial charge in [0, 0.05) is 18.2 Å². The molecule has 5 nitrogen and oxygen atoms in total. The van der Waals surface area contributed by atoms with E-state index in [0.29, 0.717) is 24.7 Å². The summed E-state index contributed by atoms with van der Waals surface area (Å²) in [5.41, 5.74) is 1.79. The fourth-order valence-electron chi connectivity index (χ4n) is 2.32. The molecule has 2 aromatic rings. The van der Waals surface area contributed by atoms with E-state index in [9.17, 15) is 4.79 Å². The Kier molecular flexibility index (Phi) is 6.89. The SMILES string of the molecule is CCOc1ccccc1CNC(=O)C=Cc1ccc(OC)c(OC)c1. The predicted octanol–water partition coefficient (Wildman–Crippen LogP) is 3.43. The Labute approximate surface area is 148 Å². The van der Waals surface area contributed by atoms with Gasteiger partial charge in [-0.2, -0.15) is 0 Å². The third-order valence-electron chi connectivity index (χ3n) is 3.56. The lowest BCUT2D eigenvalue weighted by molar-refractivity contribution is -0.116. The molecule has 25 heavy (non-hydrogen) atoms. The van der Waals surface area contributed by atoms with E-state index in [4.69, 9.17) is 14.2 Å². The number of amides is 1. The Hall–Kier alpha value is -2.95. The molecule has 0 unspecified atom stereocenters. The molecule has 1 N–H and O–H groups in total. The molecule has 0 saturated heterocycles. The van der Waals surface area contributed by atoms with Gasteiger partial charge in [-0.1, -0.05) is 24.3 Å². The van der Waals surface area contributed by atoms with E-state index in [1.165, 1.54) is 6.08 Å². The van der Waals surface area contributed by atoms with Crippen molar-refractivity contribution in [1.82, 2.24) is 5.32 Å². The van der Waals surface area contributed by atoms with Crippen LogP contribution in [0, 0.1) is 0 Å². The molecule has 0 bridgehead atoms. The maximum Gasteiger partial charge on any atom is 0.244 e. The topological polar surface area (TPSA) is 56.8 Å². The maximum atomic E-state index is 12.0. The van der Waals surface area contributed by atoms with Gasteiger partial charge in [-0.05, 0) is 36.8 Å². The Balaban J connectivity index is 1.97. The van der Waals surface area contributed by atoms with Crippen LogP contribution in [0.2, 0.25) is 0 Å². The number of para-hydroxylation sites is 1. The monoisotopic (exact) mass is 341 g/mol. The zero-order chi connectivity index (χ0) is 18.1. The molecule has 0 spiro atoms. The molecule has 0 aliphatic heterocycles. The van der Waals surface area contributed by atoms with Gasteiger partial charge in [0.1, 0.15) is 5.75 Å². The summed E-state index contributed by atoms with van der Waals surface area (Å²) >= 11 is 0. The second-order valence-electron chi connectivity index (χ2n) is 5.21. The Bertz CT molecular complexity index is 740. The van der Waals surface area contributed by atoms with E-state index in [2.05, 4.69) is 5.32 Å². The average Bonchev–Trinajstić information content (AvgIpc) is 2.65. The minimum atomic E-state index is -0.180. The van der Waals surface area contributed by atoms with Crippen LogP contribution in [0.25, 0.3) is 6.08 Å². The van der Waals surface area contributed by atoms with E-state index in [0.717, 1.165) is 16.9 Å². The summed E-state index contributed by atoms with van der Waals surface area (Å²) in [6, 6.07) is 13.1. The first-order valence-corrected chi connectivity index (χ1v) is 8.06. The van der Waals surface area contributed by atoms with Gasteiger partial charge in [0.15, 0.2) is 11.5 Å². The molecule has 0 aliphatic rings. The fraction of sp³-hybridized carbons (Fsp3) is 0.250. The highest BCUT2D eigenvalue weighted by Crippen LogP contribution is 2.27.